The first kappa shape index (κ1) is 18.6. The smallest absolute Gasteiger partial charge is 0.260 e. The fraction of sp³-hybridized carbons (Fsp3) is 0.350. The van der Waals surface area contributed by atoms with E-state index in [9.17, 15) is 4.79 Å². The van der Waals surface area contributed by atoms with E-state index in [-0.39, 0.29) is 12.5 Å². The standard InChI is InChI=1S/C20H23BrN2O3/c1-15-13-16(7-8-17(15)21)26-14-20(24)23-11-9-22(10-12-23)18-5-3-4-6-19(18)25-2/h3-8,13H,9-12,14H2,1-2H3. The second kappa shape index (κ2) is 8.45. The Kier molecular flexibility index (Phi) is 6.04. The minimum absolute atomic E-state index is 0.0187. The first-order valence-corrected chi connectivity index (χ1v) is 9.42. The number of amides is 1. The molecule has 0 radical (unpaired) electrons. The van der Waals surface area contributed by atoms with E-state index in [1.54, 1.807) is 7.11 Å². The van der Waals surface area contributed by atoms with Crippen molar-refractivity contribution in [2.75, 3.05) is 44.8 Å². The fourth-order valence-corrected chi connectivity index (χ4v) is 3.28. The lowest BCUT2D eigenvalue weighted by Gasteiger charge is -2.36. The van der Waals surface area contributed by atoms with Crippen LogP contribution in [0.3, 0.4) is 0 Å². The molecule has 0 atom stereocenters. The molecule has 1 fully saturated rings. The SMILES string of the molecule is COc1ccccc1N1CCN(C(=O)COc2ccc(Br)c(C)c2)CC1. The highest BCUT2D eigenvalue weighted by Gasteiger charge is 2.23. The van der Waals surface area contributed by atoms with Gasteiger partial charge in [0.1, 0.15) is 11.5 Å². The van der Waals surface area contributed by atoms with E-state index in [4.69, 9.17) is 9.47 Å². The number of halogens is 1. The first-order chi connectivity index (χ1) is 12.6. The molecule has 1 aliphatic heterocycles. The second-order valence-corrected chi connectivity index (χ2v) is 7.09. The van der Waals surface area contributed by atoms with Crippen molar-refractivity contribution in [1.29, 1.82) is 0 Å². The van der Waals surface area contributed by atoms with Gasteiger partial charge < -0.3 is 19.3 Å². The number of benzene rings is 2. The van der Waals surface area contributed by atoms with E-state index in [1.165, 1.54) is 0 Å². The fourth-order valence-electron chi connectivity index (χ4n) is 3.03. The molecule has 1 amide bonds. The summed E-state index contributed by atoms with van der Waals surface area (Å²) in [5.41, 5.74) is 2.16. The van der Waals surface area contributed by atoms with Crippen LogP contribution in [-0.4, -0.2) is 50.7 Å². The van der Waals surface area contributed by atoms with E-state index >= 15 is 0 Å². The third-order valence-corrected chi connectivity index (χ3v) is 5.44. The molecule has 0 spiro atoms. The van der Waals surface area contributed by atoms with Crippen molar-refractivity contribution in [3.05, 3.63) is 52.5 Å². The summed E-state index contributed by atoms with van der Waals surface area (Å²) < 4.78 is 12.1. The van der Waals surface area contributed by atoms with Gasteiger partial charge in [-0.3, -0.25) is 4.79 Å². The van der Waals surface area contributed by atoms with Crippen LogP contribution in [0.2, 0.25) is 0 Å². The van der Waals surface area contributed by atoms with Gasteiger partial charge in [-0.2, -0.15) is 0 Å². The normalized spacial score (nSPS) is 14.3. The molecule has 138 valence electrons. The third kappa shape index (κ3) is 4.30. The van der Waals surface area contributed by atoms with Crippen LogP contribution >= 0.6 is 15.9 Å². The van der Waals surface area contributed by atoms with Gasteiger partial charge in [-0.05, 0) is 42.8 Å². The molecule has 0 saturated carbocycles. The molecule has 1 saturated heterocycles. The summed E-state index contributed by atoms with van der Waals surface area (Å²) in [4.78, 5) is 16.5. The van der Waals surface area contributed by atoms with Crippen LogP contribution in [0.15, 0.2) is 46.9 Å². The molecular weight excluding hydrogens is 396 g/mol. The maximum Gasteiger partial charge on any atom is 0.260 e. The number of nitrogens with zero attached hydrogens (tertiary/aromatic N) is 2. The minimum Gasteiger partial charge on any atom is -0.495 e. The molecular formula is C20H23BrN2O3. The van der Waals surface area contributed by atoms with Gasteiger partial charge >= 0.3 is 0 Å². The number of methoxy groups -OCH3 is 1. The highest BCUT2D eigenvalue weighted by atomic mass is 79.9. The molecule has 2 aromatic carbocycles. The average molecular weight is 419 g/mol. The predicted molar refractivity (Wildman–Crippen MR) is 106 cm³/mol. The number of carbonyl (C=O) groups excluding carboxylic acids is 1. The number of para-hydroxylation sites is 2. The zero-order valence-corrected chi connectivity index (χ0v) is 16.7. The minimum atomic E-state index is 0.0187. The van der Waals surface area contributed by atoms with Crippen molar-refractivity contribution < 1.29 is 14.3 Å². The van der Waals surface area contributed by atoms with Crippen LogP contribution in [0.25, 0.3) is 0 Å². The lowest BCUT2D eigenvalue weighted by Crippen LogP contribution is -2.50. The van der Waals surface area contributed by atoms with Crippen LogP contribution in [0.4, 0.5) is 5.69 Å². The summed E-state index contributed by atoms with van der Waals surface area (Å²) in [6.45, 7) is 4.98. The van der Waals surface area contributed by atoms with Crippen molar-refractivity contribution in [2.24, 2.45) is 0 Å². The lowest BCUT2D eigenvalue weighted by molar-refractivity contribution is -0.133. The number of hydrogen-bond donors (Lipinski definition) is 0. The van der Waals surface area contributed by atoms with Gasteiger partial charge in [0.25, 0.3) is 5.91 Å². The van der Waals surface area contributed by atoms with Crippen molar-refractivity contribution in [3.8, 4) is 11.5 Å². The Hall–Kier alpha value is -2.21. The number of piperazine rings is 1. The summed E-state index contributed by atoms with van der Waals surface area (Å²) >= 11 is 3.46. The Labute approximate surface area is 162 Å². The number of anilines is 1. The number of aryl methyl sites for hydroxylation is 1. The summed E-state index contributed by atoms with van der Waals surface area (Å²) in [6.07, 6.45) is 0. The molecule has 0 aliphatic carbocycles. The van der Waals surface area contributed by atoms with E-state index in [0.717, 1.165) is 34.6 Å². The van der Waals surface area contributed by atoms with E-state index in [2.05, 4.69) is 26.9 Å². The Morgan fingerprint density at radius 3 is 2.54 bits per heavy atom. The Bertz CT molecular complexity index is 773. The number of carbonyl (C=O) groups is 1. The number of hydrogen-bond acceptors (Lipinski definition) is 4. The number of rotatable bonds is 5. The van der Waals surface area contributed by atoms with Crippen molar-refractivity contribution >= 4 is 27.5 Å². The molecule has 1 heterocycles. The molecule has 2 aromatic rings. The Morgan fingerprint density at radius 1 is 1.12 bits per heavy atom. The van der Waals surface area contributed by atoms with Crippen LogP contribution in [-0.2, 0) is 4.79 Å². The summed E-state index contributed by atoms with van der Waals surface area (Å²) in [5, 5.41) is 0. The van der Waals surface area contributed by atoms with Gasteiger partial charge in [0.15, 0.2) is 6.61 Å². The van der Waals surface area contributed by atoms with Gasteiger partial charge in [-0.15, -0.1) is 0 Å². The van der Waals surface area contributed by atoms with Crippen LogP contribution in [0.1, 0.15) is 5.56 Å². The zero-order chi connectivity index (χ0) is 18.5. The Balaban J connectivity index is 1.52. The summed E-state index contributed by atoms with van der Waals surface area (Å²) in [6, 6.07) is 13.7. The van der Waals surface area contributed by atoms with Crippen LogP contribution < -0.4 is 14.4 Å². The third-order valence-electron chi connectivity index (χ3n) is 4.55. The van der Waals surface area contributed by atoms with Crippen molar-refractivity contribution in [2.45, 2.75) is 6.92 Å². The highest BCUT2D eigenvalue weighted by molar-refractivity contribution is 9.10. The maximum atomic E-state index is 12.4. The largest absolute Gasteiger partial charge is 0.495 e. The molecule has 0 unspecified atom stereocenters. The Morgan fingerprint density at radius 2 is 1.85 bits per heavy atom. The topological polar surface area (TPSA) is 42.0 Å². The highest BCUT2D eigenvalue weighted by Crippen LogP contribution is 2.28. The van der Waals surface area contributed by atoms with Crippen molar-refractivity contribution in [1.82, 2.24) is 4.90 Å². The van der Waals surface area contributed by atoms with E-state index in [1.807, 2.05) is 48.2 Å². The summed E-state index contributed by atoms with van der Waals surface area (Å²) in [5.74, 6) is 1.60. The molecule has 0 N–H and O–H groups in total. The van der Waals surface area contributed by atoms with Gasteiger partial charge in [-0.1, -0.05) is 28.1 Å². The number of ether oxygens (including phenoxy) is 2. The monoisotopic (exact) mass is 418 g/mol. The zero-order valence-electron chi connectivity index (χ0n) is 15.1. The average Bonchev–Trinajstić information content (AvgIpc) is 2.68. The van der Waals surface area contributed by atoms with Gasteiger partial charge in [0.05, 0.1) is 12.8 Å². The van der Waals surface area contributed by atoms with Crippen LogP contribution in [0, 0.1) is 6.92 Å². The molecule has 0 aromatic heterocycles. The molecule has 0 bridgehead atoms. The molecule has 5 nitrogen and oxygen atoms in total. The maximum absolute atomic E-state index is 12.4. The van der Waals surface area contributed by atoms with E-state index in [0.29, 0.717) is 18.8 Å². The molecule has 6 heteroatoms. The van der Waals surface area contributed by atoms with Gasteiger partial charge in [0.2, 0.25) is 0 Å². The van der Waals surface area contributed by atoms with Crippen LogP contribution in [0.5, 0.6) is 11.5 Å². The first-order valence-electron chi connectivity index (χ1n) is 8.63. The summed E-state index contributed by atoms with van der Waals surface area (Å²) in [7, 11) is 1.68. The van der Waals surface area contributed by atoms with Gasteiger partial charge in [-0.25, -0.2) is 0 Å². The second-order valence-electron chi connectivity index (χ2n) is 6.24. The van der Waals surface area contributed by atoms with Crippen molar-refractivity contribution in [3.63, 3.8) is 0 Å². The molecule has 26 heavy (non-hydrogen) atoms. The molecule has 1 aliphatic rings. The lowest BCUT2D eigenvalue weighted by atomic mass is 10.2. The van der Waals surface area contributed by atoms with E-state index < -0.39 is 0 Å². The van der Waals surface area contributed by atoms with Gasteiger partial charge in [0, 0.05) is 30.7 Å². The predicted octanol–water partition coefficient (Wildman–Crippen LogP) is 3.49. The molecule has 3 rings (SSSR count). The quantitative estimate of drug-likeness (QED) is 0.744.